The van der Waals surface area contributed by atoms with Gasteiger partial charge in [-0.1, -0.05) is 20.8 Å². The van der Waals surface area contributed by atoms with Gasteiger partial charge in [0.1, 0.15) is 0 Å². The molecule has 5 heteroatoms. The quantitative estimate of drug-likeness (QED) is 0.758. The van der Waals surface area contributed by atoms with Crippen molar-refractivity contribution in [1.82, 2.24) is 10.6 Å². The van der Waals surface area contributed by atoms with Crippen molar-refractivity contribution in [3.05, 3.63) is 0 Å². The van der Waals surface area contributed by atoms with Gasteiger partial charge >= 0.3 is 0 Å². The van der Waals surface area contributed by atoms with E-state index >= 15 is 0 Å². The fourth-order valence-electron chi connectivity index (χ4n) is 2.70. The molecule has 3 unspecified atom stereocenters. The number of ether oxygens (including phenoxy) is 1. The van der Waals surface area contributed by atoms with Gasteiger partial charge in [-0.15, -0.1) is 12.4 Å². The third-order valence-electron chi connectivity index (χ3n) is 4.19. The maximum absolute atomic E-state index is 12.0. The summed E-state index contributed by atoms with van der Waals surface area (Å²) in [5.74, 6) is 1.67. The number of rotatable bonds is 7. The Morgan fingerprint density at radius 1 is 1.40 bits per heavy atom. The lowest BCUT2D eigenvalue weighted by molar-refractivity contribution is -0.123. The van der Waals surface area contributed by atoms with Gasteiger partial charge in [0.05, 0.1) is 6.10 Å². The second kappa shape index (κ2) is 10.4. The molecule has 1 amide bonds. The maximum Gasteiger partial charge on any atom is 0.220 e. The molecule has 4 nitrogen and oxygen atoms in total. The molecule has 0 aromatic carbocycles. The molecule has 120 valence electrons. The van der Waals surface area contributed by atoms with E-state index in [0.717, 1.165) is 13.1 Å². The number of hydrogen-bond acceptors (Lipinski definition) is 3. The van der Waals surface area contributed by atoms with Crippen molar-refractivity contribution in [2.45, 2.75) is 46.1 Å². The second-order valence-corrected chi connectivity index (χ2v) is 6.11. The molecule has 0 aromatic rings. The van der Waals surface area contributed by atoms with Crippen LogP contribution in [0.1, 0.15) is 40.0 Å². The predicted molar refractivity (Wildman–Crippen MR) is 85.3 cm³/mol. The molecule has 1 rings (SSSR count). The maximum atomic E-state index is 12.0. The van der Waals surface area contributed by atoms with E-state index in [1.165, 1.54) is 12.8 Å². The number of hydrogen-bond donors (Lipinski definition) is 2. The van der Waals surface area contributed by atoms with Gasteiger partial charge in [0.2, 0.25) is 5.91 Å². The van der Waals surface area contributed by atoms with Gasteiger partial charge in [0.15, 0.2) is 0 Å². The first kappa shape index (κ1) is 19.7. The Labute approximate surface area is 129 Å². The second-order valence-electron chi connectivity index (χ2n) is 6.11. The van der Waals surface area contributed by atoms with Crippen LogP contribution in [-0.4, -0.2) is 38.8 Å². The zero-order valence-corrected chi connectivity index (χ0v) is 14.1. The van der Waals surface area contributed by atoms with E-state index in [1.54, 1.807) is 7.11 Å². The molecule has 0 radical (unpaired) electrons. The third kappa shape index (κ3) is 6.91. The normalized spacial score (nSPS) is 21.9. The zero-order chi connectivity index (χ0) is 14.3. The largest absolute Gasteiger partial charge is 0.379 e. The molecule has 1 heterocycles. The van der Waals surface area contributed by atoms with Crippen LogP contribution in [0.3, 0.4) is 0 Å². The smallest absolute Gasteiger partial charge is 0.220 e. The predicted octanol–water partition coefficient (Wildman–Crippen LogP) is 2.22. The Hall–Kier alpha value is -0.320. The van der Waals surface area contributed by atoms with Crippen LogP contribution in [0.15, 0.2) is 0 Å². The fraction of sp³-hybridized carbons (Fsp3) is 0.933. The molecule has 1 fully saturated rings. The van der Waals surface area contributed by atoms with Gasteiger partial charge in [-0.25, -0.2) is 0 Å². The van der Waals surface area contributed by atoms with Gasteiger partial charge < -0.3 is 15.4 Å². The van der Waals surface area contributed by atoms with E-state index in [1.807, 2.05) is 0 Å². The first-order chi connectivity index (χ1) is 9.04. The van der Waals surface area contributed by atoms with Crippen molar-refractivity contribution >= 4 is 18.3 Å². The van der Waals surface area contributed by atoms with Crippen LogP contribution in [0.25, 0.3) is 0 Å². The third-order valence-corrected chi connectivity index (χ3v) is 4.19. The fourth-order valence-corrected chi connectivity index (χ4v) is 2.70. The Kier molecular flexibility index (Phi) is 10.2. The zero-order valence-electron chi connectivity index (χ0n) is 13.3. The summed E-state index contributed by atoms with van der Waals surface area (Å²) in [7, 11) is 1.70. The van der Waals surface area contributed by atoms with Gasteiger partial charge in [0, 0.05) is 20.1 Å². The van der Waals surface area contributed by atoms with Crippen LogP contribution in [-0.2, 0) is 9.53 Å². The number of nitrogens with one attached hydrogen (secondary N) is 2. The van der Waals surface area contributed by atoms with Gasteiger partial charge in [-0.2, -0.15) is 0 Å². The van der Waals surface area contributed by atoms with Crippen molar-refractivity contribution in [3.8, 4) is 0 Å². The van der Waals surface area contributed by atoms with Crippen LogP contribution in [0, 0.1) is 17.8 Å². The molecular formula is C15H31ClN2O2. The summed E-state index contributed by atoms with van der Waals surface area (Å²) in [5, 5.41) is 6.41. The molecule has 0 saturated carbocycles. The van der Waals surface area contributed by atoms with Crippen LogP contribution >= 0.6 is 12.4 Å². The summed E-state index contributed by atoms with van der Waals surface area (Å²) in [5.41, 5.74) is 0. The van der Waals surface area contributed by atoms with E-state index in [-0.39, 0.29) is 24.4 Å². The van der Waals surface area contributed by atoms with Gasteiger partial charge in [-0.05, 0) is 43.7 Å². The van der Waals surface area contributed by atoms with Gasteiger partial charge in [-0.3, -0.25) is 4.79 Å². The van der Waals surface area contributed by atoms with Crippen molar-refractivity contribution in [3.63, 3.8) is 0 Å². The van der Waals surface area contributed by atoms with Crippen LogP contribution < -0.4 is 10.6 Å². The highest BCUT2D eigenvalue weighted by atomic mass is 35.5. The molecule has 1 aliphatic rings. The number of piperidine rings is 1. The Balaban J connectivity index is 0.00000361. The SMILES string of the molecule is COC(CNC(=O)CC(C)C1CCCNC1)C(C)C.Cl. The Morgan fingerprint density at radius 3 is 2.60 bits per heavy atom. The van der Waals surface area contributed by atoms with Crippen molar-refractivity contribution in [2.75, 3.05) is 26.7 Å². The van der Waals surface area contributed by atoms with Crippen molar-refractivity contribution < 1.29 is 9.53 Å². The van der Waals surface area contributed by atoms with E-state index < -0.39 is 0 Å². The summed E-state index contributed by atoms with van der Waals surface area (Å²) < 4.78 is 5.36. The summed E-state index contributed by atoms with van der Waals surface area (Å²) in [6.45, 7) is 9.20. The van der Waals surface area contributed by atoms with Crippen molar-refractivity contribution in [2.24, 2.45) is 17.8 Å². The van der Waals surface area contributed by atoms with Crippen LogP contribution in [0.4, 0.5) is 0 Å². The average molecular weight is 307 g/mol. The highest BCUT2D eigenvalue weighted by Crippen LogP contribution is 2.22. The first-order valence-corrected chi connectivity index (χ1v) is 7.54. The molecule has 0 aliphatic carbocycles. The number of halogens is 1. The van der Waals surface area contributed by atoms with E-state index in [4.69, 9.17) is 4.74 Å². The minimum Gasteiger partial charge on any atom is -0.379 e. The first-order valence-electron chi connectivity index (χ1n) is 7.54. The molecule has 3 atom stereocenters. The number of carbonyl (C=O) groups excluding carboxylic acids is 1. The number of carbonyl (C=O) groups is 1. The minimum absolute atomic E-state index is 0. The molecule has 2 N–H and O–H groups in total. The summed E-state index contributed by atoms with van der Waals surface area (Å²) in [6.07, 6.45) is 3.21. The standard InChI is InChI=1S/C15H30N2O2.ClH/c1-11(2)14(19-4)10-17-15(18)8-12(3)13-6-5-7-16-9-13;/h11-14,16H,5-10H2,1-4H3,(H,17,18);1H. The van der Waals surface area contributed by atoms with E-state index in [0.29, 0.717) is 30.7 Å². The van der Waals surface area contributed by atoms with E-state index in [2.05, 4.69) is 31.4 Å². The van der Waals surface area contributed by atoms with Gasteiger partial charge in [0.25, 0.3) is 0 Å². The monoisotopic (exact) mass is 306 g/mol. The highest BCUT2D eigenvalue weighted by Gasteiger charge is 2.22. The van der Waals surface area contributed by atoms with Crippen LogP contribution in [0.2, 0.25) is 0 Å². The van der Waals surface area contributed by atoms with Crippen LogP contribution in [0.5, 0.6) is 0 Å². The summed E-state index contributed by atoms with van der Waals surface area (Å²) in [6, 6.07) is 0. The van der Waals surface area contributed by atoms with E-state index in [9.17, 15) is 4.79 Å². The lowest BCUT2D eigenvalue weighted by Gasteiger charge is -2.28. The molecule has 1 aliphatic heterocycles. The molecular weight excluding hydrogens is 276 g/mol. The lowest BCUT2D eigenvalue weighted by Crippen LogP contribution is -2.38. The van der Waals surface area contributed by atoms with Crippen molar-refractivity contribution in [1.29, 1.82) is 0 Å². The minimum atomic E-state index is 0. The average Bonchev–Trinajstić information content (AvgIpc) is 2.40. The summed E-state index contributed by atoms with van der Waals surface area (Å²) >= 11 is 0. The number of amides is 1. The molecule has 0 bridgehead atoms. The summed E-state index contributed by atoms with van der Waals surface area (Å²) in [4.78, 5) is 12.0. The molecule has 0 spiro atoms. The molecule has 0 aromatic heterocycles. The highest BCUT2D eigenvalue weighted by molar-refractivity contribution is 5.85. The molecule has 1 saturated heterocycles. The number of methoxy groups -OCH3 is 1. The Morgan fingerprint density at radius 2 is 2.10 bits per heavy atom. The molecule has 20 heavy (non-hydrogen) atoms. The topological polar surface area (TPSA) is 50.4 Å². The lowest BCUT2D eigenvalue weighted by atomic mass is 9.85. The Bertz CT molecular complexity index is 269.